The average Bonchev–Trinajstić information content (AvgIpc) is 3.26. The lowest BCUT2D eigenvalue weighted by atomic mass is 9.95. The molecule has 0 spiro atoms. The number of aromatic nitrogens is 2. The van der Waals surface area contributed by atoms with Crippen LogP contribution in [-0.2, 0) is 11.2 Å². The van der Waals surface area contributed by atoms with Crippen molar-refractivity contribution in [1.82, 2.24) is 14.9 Å². The number of hydrogen-bond donors (Lipinski definition) is 2. The Labute approximate surface area is 174 Å². The number of ether oxygens (including phenoxy) is 1. The minimum atomic E-state index is -1.62. The molecule has 0 aliphatic carbocycles. The highest BCUT2D eigenvalue weighted by Crippen LogP contribution is 2.36. The Balaban J connectivity index is 1.69. The van der Waals surface area contributed by atoms with Crippen molar-refractivity contribution >= 4 is 17.7 Å². The third-order valence-electron chi connectivity index (χ3n) is 5.08. The van der Waals surface area contributed by atoms with Crippen LogP contribution < -0.4 is 5.32 Å². The van der Waals surface area contributed by atoms with Gasteiger partial charge in [0.1, 0.15) is 6.04 Å². The number of amides is 2. The number of nitrogens with zero attached hydrogens (tertiary/aromatic N) is 2. The molecule has 31 heavy (non-hydrogen) atoms. The van der Waals surface area contributed by atoms with Gasteiger partial charge < -0.3 is 19.9 Å². The SMILES string of the molecule is COC(=O)c1cccc(NC(=O)N2CCc3[nH]cnc3C2c2ccc(F)c(F)c2F)c1. The summed E-state index contributed by atoms with van der Waals surface area (Å²) in [7, 11) is 1.24. The van der Waals surface area contributed by atoms with E-state index < -0.39 is 35.5 Å². The highest BCUT2D eigenvalue weighted by molar-refractivity contribution is 5.94. The van der Waals surface area contributed by atoms with E-state index in [0.717, 1.165) is 12.1 Å². The molecule has 1 atom stereocenters. The highest BCUT2D eigenvalue weighted by Gasteiger charge is 2.36. The number of aromatic amines is 1. The molecule has 2 aromatic carbocycles. The zero-order valence-corrected chi connectivity index (χ0v) is 16.3. The van der Waals surface area contributed by atoms with Gasteiger partial charge in [0, 0.05) is 29.9 Å². The van der Waals surface area contributed by atoms with Gasteiger partial charge in [0.25, 0.3) is 0 Å². The number of carbonyl (C=O) groups excluding carboxylic acids is 2. The molecule has 1 aliphatic heterocycles. The largest absolute Gasteiger partial charge is 0.465 e. The van der Waals surface area contributed by atoms with Crippen molar-refractivity contribution in [1.29, 1.82) is 0 Å². The van der Waals surface area contributed by atoms with Crippen LogP contribution in [0, 0.1) is 17.5 Å². The van der Waals surface area contributed by atoms with Crippen molar-refractivity contribution in [3.63, 3.8) is 0 Å². The van der Waals surface area contributed by atoms with Crippen LogP contribution in [0.1, 0.15) is 33.4 Å². The molecule has 0 radical (unpaired) electrons. The Hall–Kier alpha value is -3.82. The van der Waals surface area contributed by atoms with Gasteiger partial charge in [-0.15, -0.1) is 0 Å². The zero-order valence-electron chi connectivity index (χ0n) is 16.3. The molecular weight excluding hydrogens is 413 g/mol. The molecule has 2 amide bonds. The monoisotopic (exact) mass is 430 g/mol. The molecule has 10 heteroatoms. The Morgan fingerprint density at radius 3 is 2.77 bits per heavy atom. The van der Waals surface area contributed by atoms with E-state index in [1.165, 1.54) is 30.5 Å². The van der Waals surface area contributed by atoms with Crippen molar-refractivity contribution in [3.8, 4) is 0 Å². The van der Waals surface area contributed by atoms with E-state index >= 15 is 0 Å². The van der Waals surface area contributed by atoms with Crippen molar-refractivity contribution < 1.29 is 27.5 Å². The van der Waals surface area contributed by atoms with Gasteiger partial charge in [0.15, 0.2) is 17.5 Å². The van der Waals surface area contributed by atoms with Crippen molar-refractivity contribution in [3.05, 3.63) is 82.7 Å². The third-order valence-corrected chi connectivity index (χ3v) is 5.08. The summed E-state index contributed by atoms with van der Waals surface area (Å²) in [6, 6.07) is 6.31. The van der Waals surface area contributed by atoms with Gasteiger partial charge in [-0.05, 0) is 24.3 Å². The molecule has 7 nitrogen and oxygen atoms in total. The molecular formula is C21H17F3N4O3. The molecule has 2 heterocycles. The molecule has 4 rings (SSSR count). The number of urea groups is 1. The molecule has 3 aromatic rings. The fourth-order valence-corrected chi connectivity index (χ4v) is 3.60. The van der Waals surface area contributed by atoms with Crippen LogP contribution in [0.15, 0.2) is 42.7 Å². The maximum absolute atomic E-state index is 14.6. The summed E-state index contributed by atoms with van der Waals surface area (Å²) in [6.07, 6.45) is 1.81. The summed E-state index contributed by atoms with van der Waals surface area (Å²) in [5, 5.41) is 2.65. The normalized spacial score (nSPS) is 15.4. The first-order valence-electron chi connectivity index (χ1n) is 9.32. The highest BCUT2D eigenvalue weighted by atomic mass is 19.2. The summed E-state index contributed by atoms with van der Waals surface area (Å²) in [4.78, 5) is 33.2. The van der Waals surface area contributed by atoms with Crippen LogP contribution >= 0.6 is 0 Å². The number of methoxy groups -OCH3 is 1. The molecule has 1 aliphatic rings. The first kappa shape index (κ1) is 20.5. The van der Waals surface area contributed by atoms with E-state index in [9.17, 15) is 22.8 Å². The van der Waals surface area contributed by atoms with Gasteiger partial charge in [0.05, 0.1) is 24.7 Å². The fraction of sp³-hybridized carbons (Fsp3) is 0.190. The van der Waals surface area contributed by atoms with Gasteiger partial charge in [-0.25, -0.2) is 27.7 Å². The number of benzene rings is 2. The van der Waals surface area contributed by atoms with Crippen molar-refractivity contribution in [2.24, 2.45) is 0 Å². The van der Waals surface area contributed by atoms with Crippen LogP contribution in [0.2, 0.25) is 0 Å². The first-order chi connectivity index (χ1) is 14.9. The predicted molar refractivity (Wildman–Crippen MR) is 104 cm³/mol. The lowest BCUT2D eigenvalue weighted by Crippen LogP contribution is -2.43. The lowest BCUT2D eigenvalue weighted by molar-refractivity contribution is 0.0600. The molecule has 2 N–H and O–H groups in total. The molecule has 1 aromatic heterocycles. The second kappa shape index (κ2) is 8.13. The quantitative estimate of drug-likeness (QED) is 0.489. The van der Waals surface area contributed by atoms with Gasteiger partial charge >= 0.3 is 12.0 Å². The van der Waals surface area contributed by atoms with Gasteiger partial charge in [0.2, 0.25) is 0 Å². The molecule has 0 bridgehead atoms. The molecule has 0 saturated heterocycles. The minimum absolute atomic E-state index is 0.167. The summed E-state index contributed by atoms with van der Waals surface area (Å²) >= 11 is 0. The first-order valence-corrected chi connectivity index (χ1v) is 9.32. The summed E-state index contributed by atoms with van der Waals surface area (Å²) in [5.41, 5.74) is 1.34. The van der Waals surface area contributed by atoms with Gasteiger partial charge in [-0.1, -0.05) is 12.1 Å². The number of fused-ring (bicyclic) bond motifs is 1. The maximum Gasteiger partial charge on any atom is 0.337 e. The van der Waals surface area contributed by atoms with E-state index in [1.54, 1.807) is 12.1 Å². The Kier molecular flexibility index (Phi) is 5.37. The molecule has 1 unspecified atom stereocenters. The maximum atomic E-state index is 14.6. The molecule has 0 saturated carbocycles. The number of imidazole rings is 1. The van der Waals surface area contributed by atoms with E-state index in [0.29, 0.717) is 23.5 Å². The smallest absolute Gasteiger partial charge is 0.337 e. The number of carbonyl (C=O) groups is 2. The van der Waals surface area contributed by atoms with E-state index in [1.807, 2.05) is 0 Å². The number of rotatable bonds is 3. The number of esters is 1. The van der Waals surface area contributed by atoms with Gasteiger partial charge in [-0.3, -0.25) is 0 Å². The van der Waals surface area contributed by atoms with Gasteiger partial charge in [-0.2, -0.15) is 0 Å². The van der Waals surface area contributed by atoms with Crippen LogP contribution in [0.3, 0.4) is 0 Å². The predicted octanol–water partition coefficient (Wildman–Crippen LogP) is 3.79. The topological polar surface area (TPSA) is 87.3 Å². The summed E-state index contributed by atoms with van der Waals surface area (Å²) < 4.78 is 46.7. The average molecular weight is 430 g/mol. The van der Waals surface area contributed by atoms with Crippen molar-refractivity contribution in [2.75, 3.05) is 19.0 Å². The van der Waals surface area contributed by atoms with Crippen LogP contribution in [0.4, 0.5) is 23.7 Å². The third kappa shape index (κ3) is 3.72. The Morgan fingerprint density at radius 2 is 2.00 bits per heavy atom. The molecule has 160 valence electrons. The number of halogens is 3. The van der Waals surface area contributed by atoms with E-state index in [-0.39, 0.29) is 17.7 Å². The number of hydrogen-bond acceptors (Lipinski definition) is 4. The second-order valence-corrected chi connectivity index (χ2v) is 6.88. The van der Waals surface area contributed by atoms with Crippen LogP contribution in [0.25, 0.3) is 0 Å². The second-order valence-electron chi connectivity index (χ2n) is 6.88. The summed E-state index contributed by atoms with van der Waals surface area (Å²) in [6.45, 7) is 0.167. The summed E-state index contributed by atoms with van der Waals surface area (Å²) in [5.74, 6) is -4.90. The van der Waals surface area contributed by atoms with Crippen LogP contribution in [0.5, 0.6) is 0 Å². The zero-order chi connectivity index (χ0) is 22.1. The Bertz CT molecular complexity index is 1160. The van der Waals surface area contributed by atoms with E-state index in [2.05, 4.69) is 20.0 Å². The lowest BCUT2D eigenvalue weighted by Gasteiger charge is -2.35. The number of anilines is 1. The standard InChI is InChI=1S/C21H17F3N4O3/c1-31-20(29)11-3-2-4-12(9-11)27-21(30)28-8-7-15-18(26-10-25-15)19(28)13-5-6-14(22)17(24)16(13)23/h2-6,9-10,19H,7-8H2,1H3,(H,25,26)(H,27,30). The van der Waals surface area contributed by atoms with Crippen molar-refractivity contribution in [2.45, 2.75) is 12.5 Å². The van der Waals surface area contributed by atoms with Crippen LogP contribution in [-0.4, -0.2) is 40.5 Å². The van der Waals surface area contributed by atoms with E-state index in [4.69, 9.17) is 0 Å². The fourth-order valence-electron chi connectivity index (χ4n) is 3.60. The number of nitrogens with one attached hydrogen (secondary N) is 2. The molecule has 0 fully saturated rings. The minimum Gasteiger partial charge on any atom is -0.465 e. The number of H-pyrrole nitrogens is 1. The Morgan fingerprint density at radius 1 is 1.19 bits per heavy atom.